The largest absolute Gasteiger partial charge is 0.399 e. The zero-order valence-corrected chi connectivity index (χ0v) is 10.1. The maximum Gasteiger partial charge on any atom is 0.0727 e. The minimum absolute atomic E-state index is 0.127. The van der Waals surface area contributed by atoms with E-state index in [1.54, 1.807) is 0 Å². The number of aryl methyl sites for hydroxylation is 1. The summed E-state index contributed by atoms with van der Waals surface area (Å²) in [4.78, 5) is 6.49. The van der Waals surface area contributed by atoms with Crippen molar-refractivity contribution < 1.29 is 5.11 Å². The molecule has 3 N–H and O–H groups in total. The number of anilines is 2. The summed E-state index contributed by atoms with van der Waals surface area (Å²) < 4.78 is 0. The lowest BCUT2D eigenvalue weighted by Crippen LogP contribution is -2.21. The molecule has 0 spiro atoms. The topological polar surface area (TPSA) is 62.4 Å². The molecule has 2 rings (SSSR count). The molecule has 4 heteroatoms. The van der Waals surface area contributed by atoms with E-state index in [1.807, 2.05) is 43.1 Å². The minimum atomic E-state index is 0.127. The number of benzene rings is 1. The smallest absolute Gasteiger partial charge is 0.0727 e. The minimum Gasteiger partial charge on any atom is -0.399 e. The molecule has 1 heterocycles. The van der Waals surface area contributed by atoms with Crippen LogP contribution in [0.1, 0.15) is 5.69 Å². The number of nitrogens with two attached hydrogens (primary N) is 1. The van der Waals surface area contributed by atoms with Gasteiger partial charge in [0.05, 0.1) is 12.1 Å². The molecule has 0 aliphatic heterocycles. The maximum absolute atomic E-state index is 9.01. The van der Waals surface area contributed by atoms with E-state index in [1.165, 1.54) is 0 Å². The van der Waals surface area contributed by atoms with E-state index in [0.717, 1.165) is 28.0 Å². The fourth-order valence-electron chi connectivity index (χ4n) is 1.94. The van der Waals surface area contributed by atoms with Crippen molar-refractivity contribution in [1.29, 1.82) is 0 Å². The number of pyridine rings is 1. The fourth-order valence-corrected chi connectivity index (χ4v) is 1.94. The van der Waals surface area contributed by atoms with Gasteiger partial charge >= 0.3 is 0 Å². The number of aromatic nitrogens is 1. The Kier molecular flexibility index (Phi) is 3.15. The van der Waals surface area contributed by atoms with E-state index in [9.17, 15) is 0 Å². The van der Waals surface area contributed by atoms with Crippen LogP contribution in [0.5, 0.6) is 0 Å². The third-order valence-electron chi connectivity index (χ3n) is 2.79. The molecule has 17 heavy (non-hydrogen) atoms. The van der Waals surface area contributed by atoms with E-state index in [0.29, 0.717) is 6.54 Å². The second-order valence-electron chi connectivity index (χ2n) is 4.20. The van der Waals surface area contributed by atoms with Gasteiger partial charge in [0.15, 0.2) is 0 Å². The van der Waals surface area contributed by atoms with Crippen LogP contribution in [0.3, 0.4) is 0 Å². The highest BCUT2D eigenvalue weighted by Gasteiger charge is 2.08. The van der Waals surface area contributed by atoms with Crippen LogP contribution < -0.4 is 10.6 Å². The zero-order valence-electron chi connectivity index (χ0n) is 10.1. The highest BCUT2D eigenvalue weighted by molar-refractivity contribution is 5.93. The van der Waals surface area contributed by atoms with E-state index < -0.39 is 0 Å². The van der Waals surface area contributed by atoms with Gasteiger partial charge in [-0.3, -0.25) is 4.98 Å². The second kappa shape index (κ2) is 4.59. The zero-order chi connectivity index (χ0) is 12.4. The van der Waals surface area contributed by atoms with Gasteiger partial charge in [0.1, 0.15) is 0 Å². The Hall–Kier alpha value is -1.81. The lowest BCUT2D eigenvalue weighted by molar-refractivity contribution is 0.304. The number of aliphatic hydroxyl groups is 1. The standard InChI is InChI=1S/C13H17N3O/c1-9-7-13(16(2)5-6-17)11-8-10(14)3-4-12(11)15-9/h3-4,7-8,17H,5-6,14H2,1-2H3. The molecular weight excluding hydrogens is 214 g/mol. The van der Waals surface area contributed by atoms with Gasteiger partial charge in [0.25, 0.3) is 0 Å². The van der Waals surface area contributed by atoms with Gasteiger partial charge in [-0.2, -0.15) is 0 Å². The molecule has 0 aliphatic rings. The van der Waals surface area contributed by atoms with Crippen LogP contribution in [-0.2, 0) is 0 Å². The second-order valence-corrected chi connectivity index (χ2v) is 4.20. The Morgan fingerprint density at radius 2 is 2.12 bits per heavy atom. The van der Waals surface area contributed by atoms with Crippen molar-refractivity contribution in [3.8, 4) is 0 Å². The molecule has 0 fully saturated rings. The Balaban J connectivity index is 2.63. The number of nitrogens with zero attached hydrogens (tertiary/aromatic N) is 2. The summed E-state index contributed by atoms with van der Waals surface area (Å²) in [5.41, 5.74) is 9.47. The third-order valence-corrected chi connectivity index (χ3v) is 2.79. The Bertz CT molecular complexity index is 539. The quantitative estimate of drug-likeness (QED) is 0.787. The van der Waals surface area contributed by atoms with Gasteiger partial charge < -0.3 is 15.7 Å². The molecule has 2 aromatic rings. The fraction of sp³-hybridized carbons (Fsp3) is 0.308. The molecule has 0 aliphatic carbocycles. The van der Waals surface area contributed by atoms with Crippen molar-refractivity contribution in [2.75, 3.05) is 30.8 Å². The van der Waals surface area contributed by atoms with E-state index in [2.05, 4.69) is 4.98 Å². The maximum atomic E-state index is 9.01. The monoisotopic (exact) mass is 231 g/mol. The van der Waals surface area contributed by atoms with Crippen LogP contribution in [0.15, 0.2) is 24.3 Å². The predicted octanol–water partition coefficient (Wildman–Crippen LogP) is 1.55. The lowest BCUT2D eigenvalue weighted by Gasteiger charge is -2.20. The summed E-state index contributed by atoms with van der Waals surface area (Å²) in [5, 5.41) is 10.0. The van der Waals surface area contributed by atoms with E-state index >= 15 is 0 Å². The van der Waals surface area contributed by atoms with Gasteiger partial charge in [0.2, 0.25) is 0 Å². The van der Waals surface area contributed by atoms with Crippen molar-refractivity contribution in [3.05, 3.63) is 30.0 Å². The third kappa shape index (κ3) is 2.31. The van der Waals surface area contributed by atoms with Crippen LogP contribution >= 0.6 is 0 Å². The van der Waals surface area contributed by atoms with Crippen molar-refractivity contribution in [3.63, 3.8) is 0 Å². The first-order chi connectivity index (χ1) is 8.11. The Labute approximate surface area is 101 Å². The number of rotatable bonds is 3. The SMILES string of the molecule is Cc1cc(N(C)CCO)c2cc(N)ccc2n1. The molecule has 0 unspecified atom stereocenters. The Morgan fingerprint density at radius 1 is 1.35 bits per heavy atom. The molecule has 0 atom stereocenters. The average molecular weight is 231 g/mol. The molecule has 0 saturated carbocycles. The van der Waals surface area contributed by atoms with Crippen LogP contribution in [0.4, 0.5) is 11.4 Å². The van der Waals surface area contributed by atoms with Crippen LogP contribution in [0, 0.1) is 6.92 Å². The molecular formula is C13H17N3O. The lowest BCUT2D eigenvalue weighted by atomic mass is 10.1. The predicted molar refractivity (Wildman–Crippen MR) is 71.2 cm³/mol. The number of likely N-dealkylation sites (N-methyl/N-ethyl adjacent to an activating group) is 1. The first kappa shape index (κ1) is 11.7. The number of hydrogen-bond acceptors (Lipinski definition) is 4. The molecule has 0 saturated heterocycles. The Morgan fingerprint density at radius 3 is 2.82 bits per heavy atom. The van der Waals surface area contributed by atoms with Crippen LogP contribution in [0.25, 0.3) is 10.9 Å². The molecule has 0 amide bonds. The molecule has 4 nitrogen and oxygen atoms in total. The van der Waals surface area contributed by atoms with E-state index in [-0.39, 0.29) is 6.61 Å². The molecule has 1 aromatic heterocycles. The highest BCUT2D eigenvalue weighted by Crippen LogP contribution is 2.27. The van der Waals surface area contributed by atoms with Crippen molar-refractivity contribution in [2.24, 2.45) is 0 Å². The molecule has 90 valence electrons. The first-order valence-electron chi connectivity index (χ1n) is 5.60. The first-order valence-corrected chi connectivity index (χ1v) is 5.60. The average Bonchev–Trinajstić information content (AvgIpc) is 2.29. The van der Waals surface area contributed by atoms with E-state index in [4.69, 9.17) is 10.8 Å². The van der Waals surface area contributed by atoms with Gasteiger partial charge in [0, 0.05) is 36.0 Å². The normalized spacial score (nSPS) is 10.8. The number of aliphatic hydroxyl groups excluding tert-OH is 1. The van der Waals surface area contributed by atoms with Crippen molar-refractivity contribution >= 4 is 22.3 Å². The molecule has 0 radical (unpaired) electrons. The summed E-state index contributed by atoms with van der Waals surface area (Å²) in [6.45, 7) is 2.68. The molecule has 1 aromatic carbocycles. The van der Waals surface area contributed by atoms with Gasteiger partial charge in [-0.1, -0.05) is 0 Å². The summed E-state index contributed by atoms with van der Waals surface area (Å²) >= 11 is 0. The number of nitrogen functional groups attached to an aromatic ring is 1. The van der Waals surface area contributed by atoms with Crippen LogP contribution in [0.2, 0.25) is 0 Å². The van der Waals surface area contributed by atoms with Gasteiger partial charge in [-0.25, -0.2) is 0 Å². The summed E-state index contributed by atoms with van der Waals surface area (Å²) in [6.07, 6.45) is 0. The number of hydrogen-bond donors (Lipinski definition) is 2. The molecule has 0 bridgehead atoms. The summed E-state index contributed by atoms with van der Waals surface area (Å²) in [6, 6.07) is 7.71. The van der Waals surface area contributed by atoms with Crippen molar-refractivity contribution in [2.45, 2.75) is 6.92 Å². The van der Waals surface area contributed by atoms with Crippen molar-refractivity contribution in [1.82, 2.24) is 4.98 Å². The highest BCUT2D eigenvalue weighted by atomic mass is 16.3. The summed E-state index contributed by atoms with van der Waals surface area (Å²) in [7, 11) is 1.95. The number of fused-ring (bicyclic) bond motifs is 1. The van der Waals surface area contributed by atoms with Gasteiger partial charge in [-0.05, 0) is 31.2 Å². The summed E-state index contributed by atoms with van der Waals surface area (Å²) in [5.74, 6) is 0. The van der Waals surface area contributed by atoms with Gasteiger partial charge in [-0.15, -0.1) is 0 Å². The van der Waals surface area contributed by atoms with Crippen LogP contribution in [-0.4, -0.2) is 30.3 Å².